The van der Waals surface area contributed by atoms with Crippen molar-refractivity contribution in [1.82, 2.24) is 0 Å². The van der Waals surface area contributed by atoms with Gasteiger partial charge in [0.2, 0.25) is 0 Å². The van der Waals surface area contributed by atoms with Gasteiger partial charge in [0.1, 0.15) is 13.6 Å². The van der Waals surface area contributed by atoms with E-state index in [9.17, 15) is 0 Å². The van der Waals surface area contributed by atoms with E-state index >= 15 is 0 Å². The molecule has 2 radical (unpaired) electrons. The fourth-order valence-electron chi connectivity index (χ4n) is 2.32. The van der Waals surface area contributed by atoms with Gasteiger partial charge in [-0.3, -0.25) is 4.31 Å². The normalized spacial score (nSPS) is 13.2. The molecule has 0 aromatic heterocycles. The van der Waals surface area contributed by atoms with Gasteiger partial charge in [0, 0.05) is 12.7 Å². The van der Waals surface area contributed by atoms with Crippen molar-refractivity contribution in [3.63, 3.8) is 0 Å². The predicted molar refractivity (Wildman–Crippen MR) is 115 cm³/mol. The highest BCUT2D eigenvalue weighted by Gasteiger charge is 2.06. The molecule has 25 heavy (non-hydrogen) atoms. The van der Waals surface area contributed by atoms with Crippen molar-refractivity contribution < 1.29 is 4.18 Å². The molecule has 2 aromatic rings. The highest BCUT2D eigenvalue weighted by atomic mass is 32.2. The van der Waals surface area contributed by atoms with Crippen molar-refractivity contribution in [2.75, 3.05) is 11.4 Å². The van der Waals surface area contributed by atoms with Crippen LogP contribution in [-0.4, -0.2) is 14.9 Å². The second kappa shape index (κ2) is 9.49. The van der Waals surface area contributed by atoms with Crippen LogP contribution in [0.1, 0.15) is 6.42 Å². The van der Waals surface area contributed by atoms with Crippen molar-refractivity contribution in [2.45, 2.75) is 6.42 Å². The number of anilines is 1. The van der Waals surface area contributed by atoms with Crippen LogP contribution < -0.4 is 4.31 Å². The number of nitrogens with zero attached hydrogens (tertiary/aromatic N) is 1. The van der Waals surface area contributed by atoms with Gasteiger partial charge in [0.05, 0.1) is 0 Å². The first-order valence-corrected chi connectivity index (χ1v) is 8.50. The van der Waals surface area contributed by atoms with E-state index in [1.165, 1.54) is 23.4 Å². The summed E-state index contributed by atoms with van der Waals surface area (Å²) in [5, 5.41) is 0. The summed E-state index contributed by atoms with van der Waals surface area (Å²) in [6.45, 7) is 0. The molecule has 0 spiro atoms. The number of benzene rings is 2. The Balaban J connectivity index is 0.00000225. The Morgan fingerprint density at radius 3 is 2.32 bits per heavy atom. The van der Waals surface area contributed by atoms with Gasteiger partial charge in [0.15, 0.2) is 12.2 Å². The summed E-state index contributed by atoms with van der Waals surface area (Å²) in [6, 6.07) is 18.8. The summed E-state index contributed by atoms with van der Waals surface area (Å²) in [7, 11) is 7.76. The molecule has 0 saturated heterocycles. The van der Waals surface area contributed by atoms with Crippen LogP contribution in [0.3, 0.4) is 0 Å². The van der Waals surface area contributed by atoms with E-state index < -0.39 is 0 Å². The monoisotopic (exact) mass is 365 g/mol. The summed E-state index contributed by atoms with van der Waals surface area (Å²) < 4.78 is 7.76. The molecule has 3 rings (SSSR count). The van der Waals surface area contributed by atoms with Gasteiger partial charge in [-0.05, 0) is 41.8 Å². The molecule has 5 heteroatoms. The number of rotatable bonds is 5. The molecule has 126 valence electrons. The second-order valence-corrected chi connectivity index (χ2v) is 6.31. The van der Waals surface area contributed by atoms with E-state index in [2.05, 4.69) is 48.5 Å². The fourth-order valence-corrected chi connectivity index (χ4v) is 2.85. The molecule has 0 unspecified atom stereocenters. The lowest BCUT2D eigenvalue weighted by atomic mass is 9.95. The van der Waals surface area contributed by atoms with Crippen molar-refractivity contribution >= 4 is 39.3 Å². The third kappa shape index (κ3) is 5.51. The zero-order valence-electron chi connectivity index (χ0n) is 14.1. The van der Waals surface area contributed by atoms with Gasteiger partial charge >= 0.3 is 0 Å². The maximum absolute atomic E-state index is 5.77. The SMILES string of the molecule is S.[B]C1=CCC=C(OSN(C)c2ccc(-c3ccccc3)cc2)C=C1. The summed E-state index contributed by atoms with van der Waals surface area (Å²) >= 11 is 1.30. The quantitative estimate of drug-likeness (QED) is 0.401. The largest absolute Gasteiger partial charge is 0.406 e. The van der Waals surface area contributed by atoms with E-state index in [-0.39, 0.29) is 13.5 Å². The predicted octanol–water partition coefficient (Wildman–Crippen LogP) is 5.38. The minimum Gasteiger partial charge on any atom is -0.406 e. The van der Waals surface area contributed by atoms with Gasteiger partial charge in [-0.1, -0.05) is 54.6 Å². The van der Waals surface area contributed by atoms with Crippen LogP contribution in [0.2, 0.25) is 0 Å². The second-order valence-electron chi connectivity index (χ2n) is 5.45. The molecule has 0 heterocycles. The first-order chi connectivity index (χ1) is 11.7. The molecule has 0 bridgehead atoms. The van der Waals surface area contributed by atoms with Crippen LogP contribution in [0.25, 0.3) is 11.1 Å². The number of hydrogen-bond acceptors (Lipinski definition) is 3. The van der Waals surface area contributed by atoms with Gasteiger partial charge in [-0.15, -0.1) is 5.47 Å². The average molecular weight is 365 g/mol. The van der Waals surface area contributed by atoms with Gasteiger partial charge in [0.25, 0.3) is 0 Å². The Kier molecular flexibility index (Phi) is 7.35. The Morgan fingerprint density at radius 1 is 0.920 bits per heavy atom. The number of allylic oxidation sites excluding steroid dienone is 5. The molecule has 0 N–H and O–H groups in total. The fraction of sp³-hybridized carbons (Fsp3) is 0.100. The first-order valence-electron chi connectivity index (χ1n) is 7.80. The molecular weight excluding hydrogens is 345 g/mol. The summed E-state index contributed by atoms with van der Waals surface area (Å²) in [5.41, 5.74) is 4.26. The van der Waals surface area contributed by atoms with Crippen molar-refractivity contribution in [3.8, 4) is 11.1 Å². The van der Waals surface area contributed by atoms with E-state index in [1.807, 2.05) is 41.7 Å². The lowest BCUT2D eigenvalue weighted by Gasteiger charge is -2.17. The van der Waals surface area contributed by atoms with Crippen LogP contribution in [0.4, 0.5) is 5.69 Å². The first kappa shape index (κ1) is 19.4. The van der Waals surface area contributed by atoms with Gasteiger partial charge in [-0.25, -0.2) is 0 Å². The molecule has 0 amide bonds. The van der Waals surface area contributed by atoms with Crippen LogP contribution >= 0.6 is 25.7 Å². The van der Waals surface area contributed by atoms with Crippen molar-refractivity contribution in [2.24, 2.45) is 0 Å². The van der Waals surface area contributed by atoms with Gasteiger partial charge < -0.3 is 4.18 Å². The molecule has 2 aromatic carbocycles. The van der Waals surface area contributed by atoms with E-state index in [4.69, 9.17) is 12.0 Å². The van der Waals surface area contributed by atoms with Crippen molar-refractivity contribution in [1.29, 1.82) is 0 Å². The Bertz CT molecular complexity index is 770. The molecule has 0 saturated carbocycles. The van der Waals surface area contributed by atoms with E-state index in [1.54, 1.807) is 0 Å². The molecular formula is C20H20BNOS2. The molecule has 0 aliphatic heterocycles. The third-order valence-electron chi connectivity index (χ3n) is 3.70. The van der Waals surface area contributed by atoms with Crippen LogP contribution in [0.5, 0.6) is 0 Å². The van der Waals surface area contributed by atoms with Crippen LogP contribution in [0.15, 0.2) is 90.1 Å². The Morgan fingerprint density at radius 2 is 1.60 bits per heavy atom. The number of hydrogen-bond donors (Lipinski definition) is 0. The molecule has 0 atom stereocenters. The zero-order valence-corrected chi connectivity index (χ0v) is 15.9. The maximum Gasteiger partial charge on any atom is 0.179 e. The van der Waals surface area contributed by atoms with Crippen LogP contribution in [-0.2, 0) is 4.18 Å². The smallest absolute Gasteiger partial charge is 0.179 e. The third-order valence-corrected chi connectivity index (χ3v) is 4.40. The highest BCUT2D eigenvalue weighted by molar-refractivity contribution is 7.96. The van der Waals surface area contributed by atoms with Crippen LogP contribution in [0, 0.1) is 0 Å². The van der Waals surface area contributed by atoms with E-state index in [0.29, 0.717) is 0 Å². The molecule has 1 aliphatic carbocycles. The van der Waals surface area contributed by atoms with E-state index in [0.717, 1.165) is 23.3 Å². The topological polar surface area (TPSA) is 12.5 Å². The minimum absolute atomic E-state index is 0. The summed E-state index contributed by atoms with van der Waals surface area (Å²) in [4.78, 5) is 0. The molecule has 2 nitrogen and oxygen atoms in total. The Hall–Kier alpha value is -1.98. The summed E-state index contributed by atoms with van der Waals surface area (Å²) in [6.07, 6.45) is 8.50. The Labute approximate surface area is 162 Å². The lowest BCUT2D eigenvalue weighted by Crippen LogP contribution is -2.06. The highest BCUT2D eigenvalue weighted by Crippen LogP contribution is 2.27. The molecule has 0 fully saturated rings. The lowest BCUT2D eigenvalue weighted by molar-refractivity contribution is 0.518. The zero-order chi connectivity index (χ0) is 16.8. The molecule has 1 aliphatic rings. The minimum atomic E-state index is 0. The standard InChI is InChI=1S/C20H18BNOS.H2S/c1-22(24-23-20-9-5-8-18(21)12-15-20)19-13-10-17(11-14-19)16-6-3-2-4-7-16;/h2-4,6-15H,5H2,1H3;1H2. The average Bonchev–Trinajstić information content (AvgIpc) is 2.85. The maximum atomic E-state index is 5.77. The van der Waals surface area contributed by atoms with Crippen molar-refractivity contribution in [3.05, 3.63) is 90.1 Å². The van der Waals surface area contributed by atoms with Gasteiger partial charge in [-0.2, -0.15) is 13.5 Å². The summed E-state index contributed by atoms with van der Waals surface area (Å²) in [5.74, 6) is 0.810.